The second-order valence-corrected chi connectivity index (χ2v) is 8.28. The number of carbonyl (C=O) groups is 1. The molecule has 148 valence electrons. The van der Waals surface area contributed by atoms with Gasteiger partial charge in [0.05, 0.1) is 4.90 Å². The number of fused-ring (bicyclic) bond motifs is 1. The first-order valence-electron chi connectivity index (χ1n) is 8.83. The first-order valence-corrected chi connectivity index (χ1v) is 10.3. The maximum Gasteiger partial charge on any atom is 0.261 e. The Balaban J connectivity index is 1.59. The molecule has 1 aliphatic rings. The zero-order valence-electron chi connectivity index (χ0n) is 15.1. The Bertz CT molecular complexity index is 1210. The van der Waals surface area contributed by atoms with Crippen molar-refractivity contribution in [2.24, 2.45) is 0 Å². The summed E-state index contributed by atoms with van der Waals surface area (Å²) in [6.07, 6.45) is 0.754. The minimum absolute atomic E-state index is 0.146. The van der Waals surface area contributed by atoms with Crippen LogP contribution in [-0.4, -0.2) is 20.9 Å². The van der Waals surface area contributed by atoms with Crippen LogP contribution in [0.2, 0.25) is 0 Å². The number of benzene rings is 3. The number of anilines is 2. The molecule has 8 heteroatoms. The number of amides is 1. The Morgan fingerprint density at radius 1 is 0.931 bits per heavy atom. The van der Waals surface area contributed by atoms with Crippen molar-refractivity contribution in [3.8, 4) is 0 Å². The SMILES string of the molecule is O=C(c1cccc(NS(=O)(=O)c2ccc(F)c(F)c2)c1)N1CCc2ccccc21. The quantitative estimate of drug-likeness (QED) is 0.703. The Morgan fingerprint density at radius 3 is 2.52 bits per heavy atom. The zero-order chi connectivity index (χ0) is 20.6. The third kappa shape index (κ3) is 3.71. The average Bonchev–Trinajstić information content (AvgIpc) is 3.13. The molecule has 0 aromatic heterocycles. The normalized spacial score (nSPS) is 13.2. The van der Waals surface area contributed by atoms with Crippen molar-refractivity contribution in [2.45, 2.75) is 11.3 Å². The van der Waals surface area contributed by atoms with Crippen LogP contribution in [0.1, 0.15) is 15.9 Å². The van der Waals surface area contributed by atoms with Crippen LogP contribution in [-0.2, 0) is 16.4 Å². The van der Waals surface area contributed by atoms with Gasteiger partial charge >= 0.3 is 0 Å². The predicted octanol–water partition coefficient (Wildman–Crippen LogP) is 3.97. The molecule has 1 heterocycles. The number of hydrogen-bond acceptors (Lipinski definition) is 3. The fraction of sp³-hybridized carbons (Fsp3) is 0.0952. The number of carbonyl (C=O) groups excluding carboxylic acids is 1. The second-order valence-electron chi connectivity index (χ2n) is 6.60. The van der Waals surface area contributed by atoms with Crippen molar-refractivity contribution < 1.29 is 22.0 Å². The van der Waals surface area contributed by atoms with E-state index < -0.39 is 26.6 Å². The van der Waals surface area contributed by atoms with Crippen molar-refractivity contribution in [1.82, 2.24) is 0 Å². The molecule has 1 N–H and O–H groups in total. The number of sulfonamides is 1. The van der Waals surface area contributed by atoms with E-state index in [0.29, 0.717) is 18.2 Å². The van der Waals surface area contributed by atoms with Crippen LogP contribution in [0.3, 0.4) is 0 Å². The molecule has 0 atom stereocenters. The monoisotopic (exact) mass is 414 g/mol. The topological polar surface area (TPSA) is 66.5 Å². The summed E-state index contributed by atoms with van der Waals surface area (Å²) in [7, 11) is -4.14. The Labute approximate surface area is 166 Å². The molecule has 3 aromatic rings. The van der Waals surface area contributed by atoms with Crippen LogP contribution in [0.15, 0.2) is 71.6 Å². The summed E-state index contributed by atoms with van der Waals surface area (Å²) in [6, 6.07) is 16.0. The lowest BCUT2D eigenvalue weighted by Crippen LogP contribution is -2.28. The number of para-hydroxylation sites is 1. The van der Waals surface area contributed by atoms with E-state index in [0.717, 1.165) is 29.8 Å². The summed E-state index contributed by atoms with van der Waals surface area (Å²) >= 11 is 0. The van der Waals surface area contributed by atoms with Gasteiger partial charge in [0.1, 0.15) is 0 Å². The molecule has 0 bridgehead atoms. The van der Waals surface area contributed by atoms with Gasteiger partial charge in [0.25, 0.3) is 15.9 Å². The lowest BCUT2D eigenvalue weighted by molar-refractivity contribution is 0.0989. The summed E-state index contributed by atoms with van der Waals surface area (Å²) < 4.78 is 53.7. The standard InChI is InChI=1S/C21H16F2N2O3S/c22-18-9-8-17(13-19(18)23)29(27,28)24-16-6-3-5-15(12-16)21(26)25-11-10-14-4-1-2-7-20(14)25/h1-9,12-13,24H,10-11H2. The zero-order valence-corrected chi connectivity index (χ0v) is 15.9. The van der Waals surface area contributed by atoms with Gasteiger partial charge < -0.3 is 4.90 Å². The number of halogens is 2. The number of nitrogens with one attached hydrogen (secondary N) is 1. The molecule has 1 amide bonds. The van der Waals surface area contributed by atoms with Gasteiger partial charge in [-0.1, -0.05) is 24.3 Å². The molecule has 3 aromatic carbocycles. The smallest absolute Gasteiger partial charge is 0.261 e. The fourth-order valence-electron chi connectivity index (χ4n) is 3.28. The van der Waals surface area contributed by atoms with Gasteiger partial charge in [0, 0.05) is 23.5 Å². The van der Waals surface area contributed by atoms with Gasteiger partial charge in [-0.15, -0.1) is 0 Å². The van der Waals surface area contributed by atoms with E-state index in [1.807, 2.05) is 24.3 Å². The Kier molecular flexibility index (Phi) is 4.79. The molecular formula is C21H16F2N2O3S. The molecule has 29 heavy (non-hydrogen) atoms. The van der Waals surface area contributed by atoms with E-state index in [1.165, 1.54) is 12.1 Å². The summed E-state index contributed by atoms with van der Waals surface area (Å²) in [4.78, 5) is 14.2. The molecular weight excluding hydrogens is 398 g/mol. The largest absolute Gasteiger partial charge is 0.308 e. The molecule has 0 aliphatic carbocycles. The van der Waals surface area contributed by atoms with E-state index in [9.17, 15) is 22.0 Å². The Morgan fingerprint density at radius 2 is 1.72 bits per heavy atom. The number of rotatable bonds is 4. The lowest BCUT2D eigenvalue weighted by Gasteiger charge is -2.18. The van der Waals surface area contributed by atoms with Crippen LogP contribution in [0, 0.1) is 11.6 Å². The third-order valence-electron chi connectivity index (χ3n) is 4.70. The minimum Gasteiger partial charge on any atom is -0.308 e. The van der Waals surface area contributed by atoms with Crippen molar-refractivity contribution in [1.29, 1.82) is 0 Å². The average molecular weight is 414 g/mol. The van der Waals surface area contributed by atoms with Crippen LogP contribution >= 0.6 is 0 Å². The molecule has 0 fully saturated rings. The highest BCUT2D eigenvalue weighted by atomic mass is 32.2. The maximum atomic E-state index is 13.4. The lowest BCUT2D eigenvalue weighted by atomic mass is 10.1. The molecule has 0 unspecified atom stereocenters. The summed E-state index contributed by atoms with van der Waals surface area (Å²) in [5.41, 5.74) is 2.38. The van der Waals surface area contributed by atoms with Gasteiger partial charge in [0.15, 0.2) is 11.6 Å². The van der Waals surface area contributed by atoms with Gasteiger partial charge in [-0.3, -0.25) is 9.52 Å². The third-order valence-corrected chi connectivity index (χ3v) is 6.07. The summed E-state index contributed by atoms with van der Waals surface area (Å²) in [6.45, 7) is 0.545. The van der Waals surface area contributed by atoms with Crippen LogP contribution in [0.4, 0.5) is 20.2 Å². The summed E-state index contributed by atoms with van der Waals surface area (Å²) in [5.74, 6) is -2.64. The van der Waals surface area contributed by atoms with Gasteiger partial charge in [0.2, 0.25) is 0 Å². The first-order chi connectivity index (χ1) is 13.8. The second kappa shape index (κ2) is 7.29. The molecule has 0 radical (unpaired) electrons. The highest BCUT2D eigenvalue weighted by molar-refractivity contribution is 7.92. The van der Waals surface area contributed by atoms with E-state index in [-0.39, 0.29) is 11.6 Å². The maximum absolute atomic E-state index is 13.4. The van der Waals surface area contributed by atoms with Gasteiger partial charge in [-0.2, -0.15) is 0 Å². The molecule has 0 saturated carbocycles. The van der Waals surface area contributed by atoms with Crippen molar-refractivity contribution in [2.75, 3.05) is 16.2 Å². The molecule has 4 rings (SSSR count). The first kappa shape index (κ1) is 19.1. The summed E-state index contributed by atoms with van der Waals surface area (Å²) in [5, 5.41) is 0. The van der Waals surface area contributed by atoms with Crippen molar-refractivity contribution >= 4 is 27.3 Å². The van der Waals surface area contributed by atoms with Crippen molar-refractivity contribution in [3.05, 3.63) is 89.5 Å². The van der Waals surface area contributed by atoms with Gasteiger partial charge in [-0.25, -0.2) is 17.2 Å². The van der Waals surface area contributed by atoms with E-state index >= 15 is 0 Å². The van der Waals surface area contributed by atoms with E-state index in [2.05, 4.69) is 4.72 Å². The highest BCUT2D eigenvalue weighted by Gasteiger charge is 2.25. The van der Waals surface area contributed by atoms with Crippen LogP contribution < -0.4 is 9.62 Å². The van der Waals surface area contributed by atoms with Crippen LogP contribution in [0.5, 0.6) is 0 Å². The molecule has 0 spiro atoms. The Hall–Kier alpha value is -3.26. The highest BCUT2D eigenvalue weighted by Crippen LogP contribution is 2.29. The molecule has 0 saturated heterocycles. The molecule has 1 aliphatic heterocycles. The van der Waals surface area contributed by atoms with E-state index in [1.54, 1.807) is 17.0 Å². The molecule has 5 nitrogen and oxygen atoms in total. The predicted molar refractivity (Wildman–Crippen MR) is 105 cm³/mol. The fourth-order valence-corrected chi connectivity index (χ4v) is 4.34. The van der Waals surface area contributed by atoms with Gasteiger partial charge in [-0.05, 0) is 54.4 Å². The number of nitrogens with zero attached hydrogens (tertiary/aromatic N) is 1. The number of hydrogen-bond donors (Lipinski definition) is 1. The minimum atomic E-state index is -4.14. The van der Waals surface area contributed by atoms with E-state index in [4.69, 9.17) is 0 Å². The van der Waals surface area contributed by atoms with Crippen LogP contribution in [0.25, 0.3) is 0 Å². The van der Waals surface area contributed by atoms with Crippen molar-refractivity contribution in [3.63, 3.8) is 0 Å².